The molecule has 0 radical (unpaired) electrons. The number of amides is 1. The number of hydrogen-bond donors (Lipinski definition) is 1. The van der Waals surface area contributed by atoms with Crippen LogP contribution in [0.15, 0.2) is 43.0 Å². The average Bonchev–Trinajstić information content (AvgIpc) is 3.21. The van der Waals surface area contributed by atoms with Gasteiger partial charge in [0, 0.05) is 49.5 Å². The number of benzene rings is 1. The van der Waals surface area contributed by atoms with Crippen LogP contribution in [0.4, 0.5) is 0 Å². The van der Waals surface area contributed by atoms with Crippen molar-refractivity contribution in [2.24, 2.45) is 0 Å². The van der Waals surface area contributed by atoms with Gasteiger partial charge in [-0.3, -0.25) is 4.79 Å². The van der Waals surface area contributed by atoms with Crippen LogP contribution in [0.25, 0.3) is 33.1 Å². The van der Waals surface area contributed by atoms with Crippen molar-refractivity contribution in [3.8, 4) is 17.0 Å². The van der Waals surface area contributed by atoms with E-state index in [-0.39, 0.29) is 5.91 Å². The minimum absolute atomic E-state index is 0.0261. The Labute approximate surface area is 173 Å². The van der Waals surface area contributed by atoms with Crippen LogP contribution in [0.5, 0.6) is 5.88 Å². The molecule has 0 atom stereocenters. The molecule has 8 nitrogen and oxygen atoms in total. The van der Waals surface area contributed by atoms with Crippen LogP contribution in [-0.4, -0.2) is 76.0 Å². The number of nitrogens with one attached hydrogen (secondary N) is 1. The Morgan fingerprint density at radius 1 is 1.07 bits per heavy atom. The van der Waals surface area contributed by atoms with Gasteiger partial charge in [-0.15, -0.1) is 0 Å². The number of hydrogen-bond acceptors (Lipinski definition) is 6. The summed E-state index contributed by atoms with van der Waals surface area (Å²) < 4.78 is 5.39. The molecule has 0 aliphatic carbocycles. The number of carbonyl (C=O) groups is 1. The summed E-state index contributed by atoms with van der Waals surface area (Å²) in [5, 5.41) is 1.75. The van der Waals surface area contributed by atoms with E-state index in [9.17, 15) is 4.79 Å². The van der Waals surface area contributed by atoms with Gasteiger partial charge in [-0.05, 0) is 30.8 Å². The summed E-state index contributed by atoms with van der Waals surface area (Å²) in [7, 11) is 3.67. The number of methoxy groups -OCH3 is 1. The van der Waals surface area contributed by atoms with Gasteiger partial charge < -0.3 is 19.5 Å². The maximum Gasteiger partial charge on any atom is 0.255 e. The topological polar surface area (TPSA) is 87.2 Å². The number of ether oxygens (including phenoxy) is 1. The van der Waals surface area contributed by atoms with Crippen LogP contribution in [0, 0.1) is 0 Å². The number of rotatable bonds is 3. The maximum atomic E-state index is 13.0. The summed E-state index contributed by atoms with van der Waals surface area (Å²) in [6.07, 6.45) is 5.06. The highest BCUT2D eigenvalue weighted by molar-refractivity contribution is 6.02. The summed E-state index contributed by atoms with van der Waals surface area (Å²) in [5.41, 5.74) is 4.12. The summed E-state index contributed by atoms with van der Waals surface area (Å²) in [5.74, 6) is 0.559. The van der Waals surface area contributed by atoms with Gasteiger partial charge >= 0.3 is 0 Å². The number of fused-ring (bicyclic) bond motifs is 2. The molecule has 8 heteroatoms. The van der Waals surface area contributed by atoms with Gasteiger partial charge in [0.25, 0.3) is 5.91 Å². The molecule has 1 aliphatic heterocycles. The standard InChI is InChI=1S/C22H22N6O2/c1-27-5-7-28(8-6-27)22(29)15-10-16-18(12-24-20(16)23-11-15)14-3-4-19-17(9-14)21(30-2)26-13-25-19/h3-4,9-13H,5-8H2,1-2H3,(H,23,24). The van der Waals surface area contributed by atoms with Crippen LogP contribution in [0.2, 0.25) is 0 Å². The molecule has 0 saturated carbocycles. The van der Waals surface area contributed by atoms with E-state index in [4.69, 9.17) is 4.74 Å². The van der Waals surface area contributed by atoms with Crippen molar-refractivity contribution in [3.63, 3.8) is 0 Å². The van der Waals surface area contributed by atoms with Gasteiger partial charge in [-0.25, -0.2) is 15.0 Å². The minimum Gasteiger partial charge on any atom is -0.480 e. The smallest absolute Gasteiger partial charge is 0.255 e. The van der Waals surface area contributed by atoms with Crippen LogP contribution in [-0.2, 0) is 0 Å². The largest absolute Gasteiger partial charge is 0.480 e. The van der Waals surface area contributed by atoms with Crippen LogP contribution in [0.3, 0.4) is 0 Å². The lowest BCUT2D eigenvalue weighted by atomic mass is 10.0. The fourth-order valence-electron chi connectivity index (χ4n) is 3.91. The molecule has 3 aromatic heterocycles. The third-order valence-electron chi connectivity index (χ3n) is 5.67. The van der Waals surface area contributed by atoms with Gasteiger partial charge in [0.05, 0.1) is 23.6 Å². The first kappa shape index (κ1) is 18.5. The Hall–Kier alpha value is -3.52. The quantitative estimate of drug-likeness (QED) is 0.567. The fourth-order valence-corrected chi connectivity index (χ4v) is 3.91. The van der Waals surface area contributed by atoms with Crippen LogP contribution in [0.1, 0.15) is 10.4 Å². The van der Waals surface area contributed by atoms with Gasteiger partial charge in [-0.1, -0.05) is 6.07 Å². The zero-order valence-corrected chi connectivity index (χ0v) is 16.9. The lowest BCUT2D eigenvalue weighted by Gasteiger charge is -2.32. The average molecular weight is 402 g/mol. The Kier molecular flexibility index (Phi) is 4.55. The molecular formula is C22H22N6O2. The summed E-state index contributed by atoms with van der Waals surface area (Å²) >= 11 is 0. The number of aromatic amines is 1. The second kappa shape index (κ2) is 7.38. The predicted molar refractivity (Wildman–Crippen MR) is 115 cm³/mol. The highest BCUT2D eigenvalue weighted by Gasteiger charge is 2.21. The van der Waals surface area contributed by atoms with Crippen molar-refractivity contribution in [3.05, 3.63) is 48.5 Å². The molecule has 5 rings (SSSR count). The molecule has 4 heterocycles. The minimum atomic E-state index is 0.0261. The molecule has 152 valence electrons. The SMILES string of the molecule is COc1ncnc2ccc(-c3c[nH]c4ncc(C(=O)N5CCN(C)CC5)cc34)cc12. The third kappa shape index (κ3) is 3.15. The van der Waals surface area contributed by atoms with E-state index in [1.807, 2.05) is 35.4 Å². The number of aromatic nitrogens is 4. The van der Waals surface area contributed by atoms with E-state index in [1.165, 1.54) is 6.33 Å². The lowest BCUT2D eigenvalue weighted by molar-refractivity contribution is 0.0664. The Bertz CT molecular complexity index is 1240. The number of piperazine rings is 1. The van der Waals surface area contributed by atoms with Crippen molar-refractivity contribution in [2.45, 2.75) is 0 Å². The van der Waals surface area contributed by atoms with Crippen molar-refractivity contribution < 1.29 is 9.53 Å². The van der Waals surface area contributed by atoms with E-state index in [1.54, 1.807) is 13.3 Å². The van der Waals surface area contributed by atoms with Crippen LogP contribution >= 0.6 is 0 Å². The first-order chi connectivity index (χ1) is 14.6. The van der Waals surface area contributed by atoms with Crippen molar-refractivity contribution in [1.82, 2.24) is 29.7 Å². The van der Waals surface area contributed by atoms with Gasteiger partial charge in [0.2, 0.25) is 5.88 Å². The molecule has 1 N–H and O–H groups in total. The molecule has 1 fully saturated rings. The Morgan fingerprint density at radius 3 is 2.70 bits per heavy atom. The maximum absolute atomic E-state index is 13.0. The zero-order valence-electron chi connectivity index (χ0n) is 16.9. The zero-order chi connectivity index (χ0) is 20.7. The molecule has 1 aliphatic rings. The second-order valence-corrected chi connectivity index (χ2v) is 7.53. The van der Waals surface area contributed by atoms with E-state index in [0.29, 0.717) is 11.4 Å². The first-order valence-electron chi connectivity index (χ1n) is 9.88. The summed E-state index contributed by atoms with van der Waals surface area (Å²) in [6, 6.07) is 7.89. The van der Waals surface area contributed by atoms with Gasteiger partial charge in [-0.2, -0.15) is 0 Å². The van der Waals surface area contributed by atoms with Crippen molar-refractivity contribution >= 4 is 27.8 Å². The molecule has 1 aromatic carbocycles. The molecule has 0 spiro atoms. The van der Waals surface area contributed by atoms with E-state index < -0.39 is 0 Å². The second-order valence-electron chi connectivity index (χ2n) is 7.53. The number of H-pyrrole nitrogens is 1. The van der Waals surface area contributed by atoms with Crippen molar-refractivity contribution in [1.29, 1.82) is 0 Å². The molecular weight excluding hydrogens is 380 g/mol. The Balaban J connectivity index is 1.55. The summed E-state index contributed by atoms with van der Waals surface area (Å²) in [4.78, 5) is 33.3. The lowest BCUT2D eigenvalue weighted by Crippen LogP contribution is -2.47. The highest BCUT2D eigenvalue weighted by Crippen LogP contribution is 2.32. The molecule has 1 amide bonds. The molecule has 4 aromatic rings. The number of carbonyl (C=O) groups excluding carboxylic acids is 1. The van der Waals surface area contributed by atoms with Crippen LogP contribution < -0.4 is 4.74 Å². The fraction of sp³-hybridized carbons (Fsp3) is 0.273. The number of nitrogens with zero attached hydrogens (tertiary/aromatic N) is 5. The molecule has 30 heavy (non-hydrogen) atoms. The molecule has 0 bridgehead atoms. The van der Waals surface area contributed by atoms with E-state index >= 15 is 0 Å². The normalized spacial score (nSPS) is 15.1. The summed E-state index contributed by atoms with van der Waals surface area (Å²) in [6.45, 7) is 3.24. The van der Waals surface area contributed by atoms with E-state index in [0.717, 1.165) is 59.2 Å². The monoisotopic (exact) mass is 402 g/mol. The van der Waals surface area contributed by atoms with Crippen molar-refractivity contribution in [2.75, 3.05) is 40.3 Å². The predicted octanol–water partition coefficient (Wildman–Crippen LogP) is 2.57. The van der Waals surface area contributed by atoms with Gasteiger partial charge in [0.1, 0.15) is 12.0 Å². The molecule has 1 saturated heterocycles. The molecule has 0 unspecified atom stereocenters. The first-order valence-corrected chi connectivity index (χ1v) is 9.88. The van der Waals surface area contributed by atoms with E-state index in [2.05, 4.69) is 31.9 Å². The van der Waals surface area contributed by atoms with Gasteiger partial charge in [0.15, 0.2) is 0 Å². The third-order valence-corrected chi connectivity index (χ3v) is 5.67. The highest BCUT2D eigenvalue weighted by atomic mass is 16.5. The number of likely N-dealkylation sites (N-methyl/N-ethyl adjacent to an activating group) is 1. The Morgan fingerprint density at radius 2 is 1.90 bits per heavy atom. The number of pyridine rings is 1.